The van der Waals surface area contributed by atoms with E-state index in [1.54, 1.807) is 12.1 Å². The summed E-state index contributed by atoms with van der Waals surface area (Å²) in [6, 6.07) is 12.8. The minimum absolute atomic E-state index is 0.0220. The zero-order chi connectivity index (χ0) is 14.1. The van der Waals surface area contributed by atoms with Crippen molar-refractivity contribution < 1.29 is 9.59 Å². The Bertz CT molecular complexity index is 690. The fourth-order valence-electron chi connectivity index (χ4n) is 2.45. The van der Waals surface area contributed by atoms with Crippen LogP contribution in [-0.2, 0) is 0 Å². The summed E-state index contributed by atoms with van der Waals surface area (Å²) >= 11 is 0. The van der Waals surface area contributed by atoms with Crippen molar-refractivity contribution in [2.45, 2.75) is 12.8 Å². The first kappa shape index (κ1) is 12.6. The fraction of sp³-hybridized carbons (Fsp3) is 0.125. The van der Waals surface area contributed by atoms with Gasteiger partial charge in [0.2, 0.25) is 0 Å². The zero-order valence-corrected chi connectivity index (χ0v) is 10.8. The minimum Gasteiger partial charge on any atom is -0.324 e. The molecule has 2 aromatic carbocycles. The maximum Gasteiger partial charge on any atom is 0.163 e. The highest BCUT2D eigenvalue weighted by atomic mass is 16.1. The first-order chi connectivity index (χ1) is 9.69. The third-order valence-corrected chi connectivity index (χ3v) is 3.58. The lowest BCUT2D eigenvalue weighted by Crippen LogP contribution is -2.06. The molecule has 0 fully saturated rings. The Labute approximate surface area is 116 Å². The molecule has 4 heteroatoms. The molecule has 3 rings (SSSR count). The number of carbonyl (C=O) groups excluding carboxylic acids is 2. The molecule has 0 aliphatic heterocycles. The molecule has 0 radical (unpaired) electrons. The summed E-state index contributed by atoms with van der Waals surface area (Å²) in [6.07, 6.45) is 0.573. The molecule has 0 unspecified atom stereocenters. The molecular weight excluding hydrogens is 252 g/mol. The summed E-state index contributed by atoms with van der Waals surface area (Å²) in [5.74, 6) is 5.40. The fourth-order valence-corrected chi connectivity index (χ4v) is 2.45. The highest BCUT2D eigenvalue weighted by Gasteiger charge is 2.21. The number of carbonyl (C=O) groups is 2. The SMILES string of the molecule is NNc1ccc(-c2ccc3cc2C(=O)CCC3=O)cc1. The quantitative estimate of drug-likeness (QED) is 0.647. The van der Waals surface area contributed by atoms with Gasteiger partial charge in [-0.3, -0.25) is 15.4 Å². The smallest absolute Gasteiger partial charge is 0.163 e. The summed E-state index contributed by atoms with van der Waals surface area (Å²) in [5, 5.41) is 0. The lowest BCUT2D eigenvalue weighted by atomic mass is 9.95. The van der Waals surface area contributed by atoms with E-state index in [0.29, 0.717) is 17.5 Å². The number of ketones is 2. The van der Waals surface area contributed by atoms with Gasteiger partial charge in [0.05, 0.1) is 0 Å². The van der Waals surface area contributed by atoms with Crippen LogP contribution in [0.15, 0.2) is 42.5 Å². The molecule has 100 valence electrons. The standard InChI is InChI=1S/C16H14N2O2/c17-18-12-4-1-10(2-5-12)13-6-3-11-9-14(13)16(20)8-7-15(11)19/h1-6,9,18H,7-8,17H2. The Kier molecular flexibility index (Phi) is 3.08. The maximum atomic E-state index is 12.2. The van der Waals surface area contributed by atoms with Crippen LogP contribution in [0.2, 0.25) is 0 Å². The first-order valence-electron chi connectivity index (χ1n) is 6.46. The van der Waals surface area contributed by atoms with Gasteiger partial charge in [0.15, 0.2) is 11.6 Å². The maximum absolute atomic E-state index is 12.2. The molecule has 1 aliphatic carbocycles. The number of anilines is 1. The summed E-state index contributed by atoms with van der Waals surface area (Å²) in [5.41, 5.74) is 6.41. The second-order valence-corrected chi connectivity index (χ2v) is 4.83. The molecule has 0 heterocycles. The predicted octanol–water partition coefficient (Wildman–Crippen LogP) is 2.80. The summed E-state index contributed by atoms with van der Waals surface area (Å²) in [6.45, 7) is 0. The second-order valence-electron chi connectivity index (χ2n) is 4.83. The highest BCUT2D eigenvalue weighted by molar-refractivity contribution is 6.10. The molecule has 0 saturated carbocycles. The van der Waals surface area contributed by atoms with Gasteiger partial charge < -0.3 is 5.43 Å². The normalized spacial score (nSPS) is 14.1. The van der Waals surface area contributed by atoms with Crippen molar-refractivity contribution in [3.63, 3.8) is 0 Å². The molecule has 0 saturated heterocycles. The summed E-state index contributed by atoms with van der Waals surface area (Å²) in [4.78, 5) is 23.9. The van der Waals surface area contributed by atoms with Crippen molar-refractivity contribution in [3.8, 4) is 11.1 Å². The van der Waals surface area contributed by atoms with Crippen molar-refractivity contribution >= 4 is 17.3 Å². The van der Waals surface area contributed by atoms with Gasteiger partial charge >= 0.3 is 0 Å². The van der Waals surface area contributed by atoms with Crippen molar-refractivity contribution in [1.29, 1.82) is 0 Å². The van der Waals surface area contributed by atoms with Crippen LogP contribution in [0.1, 0.15) is 33.6 Å². The largest absolute Gasteiger partial charge is 0.324 e. The minimum atomic E-state index is 0.0220. The molecule has 4 nitrogen and oxygen atoms in total. The van der Waals surface area contributed by atoms with Crippen molar-refractivity contribution in [3.05, 3.63) is 53.6 Å². The predicted molar refractivity (Wildman–Crippen MR) is 77.6 cm³/mol. The lowest BCUT2D eigenvalue weighted by Gasteiger charge is -2.09. The van der Waals surface area contributed by atoms with Crippen LogP contribution in [-0.4, -0.2) is 11.6 Å². The van der Waals surface area contributed by atoms with E-state index in [4.69, 9.17) is 5.84 Å². The van der Waals surface area contributed by atoms with Crippen LogP contribution in [0.4, 0.5) is 5.69 Å². The van der Waals surface area contributed by atoms with Crippen molar-refractivity contribution in [2.24, 2.45) is 5.84 Å². The van der Waals surface area contributed by atoms with E-state index in [-0.39, 0.29) is 18.0 Å². The number of fused-ring (bicyclic) bond motifs is 2. The Morgan fingerprint density at radius 3 is 2.15 bits per heavy atom. The lowest BCUT2D eigenvalue weighted by molar-refractivity contribution is 0.0925. The molecule has 0 atom stereocenters. The Hall–Kier alpha value is -2.46. The van der Waals surface area contributed by atoms with E-state index in [2.05, 4.69) is 5.43 Å². The number of rotatable bonds is 2. The van der Waals surface area contributed by atoms with E-state index < -0.39 is 0 Å². The number of benzene rings is 2. The van der Waals surface area contributed by atoms with E-state index in [0.717, 1.165) is 16.8 Å². The molecule has 0 aromatic heterocycles. The van der Waals surface area contributed by atoms with Gasteiger partial charge in [-0.25, -0.2) is 0 Å². The zero-order valence-electron chi connectivity index (χ0n) is 10.8. The number of hydrazine groups is 1. The topological polar surface area (TPSA) is 72.2 Å². The number of hydrogen-bond acceptors (Lipinski definition) is 4. The monoisotopic (exact) mass is 266 g/mol. The molecule has 1 aliphatic rings. The van der Waals surface area contributed by atoms with E-state index >= 15 is 0 Å². The third kappa shape index (κ3) is 2.10. The molecule has 20 heavy (non-hydrogen) atoms. The number of hydrogen-bond donors (Lipinski definition) is 2. The summed E-state index contributed by atoms with van der Waals surface area (Å²) < 4.78 is 0. The van der Waals surface area contributed by atoms with Crippen LogP contribution < -0.4 is 11.3 Å². The number of nitrogen functional groups attached to an aromatic ring is 1. The van der Waals surface area contributed by atoms with Crippen LogP contribution in [0.5, 0.6) is 0 Å². The average Bonchev–Trinajstić information content (AvgIpc) is 2.61. The first-order valence-corrected chi connectivity index (χ1v) is 6.46. The van der Waals surface area contributed by atoms with Crippen LogP contribution in [0.3, 0.4) is 0 Å². The average molecular weight is 266 g/mol. The van der Waals surface area contributed by atoms with Crippen LogP contribution in [0.25, 0.3) is 11.1 Å². The Balaban J connectivity index is 2.11. The van der Waals surface area contributed by atoms with Gasteiger partial charge in [0, 0.05) is 29.7 Å². The van der Waals surface area contributed by atoms with Gasteiger partial charge in [-0.1, -0.05) is 24.3 Å². The Morgan fingerprint density at radius 2 is 1.45 bits per heavy atom. The third-order valence-electron chi connectivity index (χ3n) is 3.58. The van der Waals surface area contributed by atoms with E-state index in [1.807, 2.05) is 30.3 Å². The summed E-state index contributed by atoms with van der Waals surface area (Å²) in [7, 11) is 0. The Morgan fingerprint density at radius 1 is 0.800 bits per heavy atom. The van der Waals surface area contributed by atoms with Crippen molar-refractivity contribution in [2.75, 3.05) is 5.43 Å². The highest BCUT2D eigenvalue weighted by Crippen LogP contribution is 2.29. The molecule has 2 bridgehead atoms. The van der Waals surface area contributed by atoms with Crippen LogP contribution >= 0.6 is 0 Å². The van der Waals surface area contributed by atoms with Gasteiger partial charge in [0.1, 0.15) is 0 Å². The molecule has 0 amide bonds. The second kappa shape index (κ2) is 4.90. The van der Waals surface area contributed by atoms with Gasteiger partial charge in [-0.15, -0.1) is 0 Å². The van der Waals surface area contributed by atoms with E-state index in [9.17, 15) is 9.59 Å². The van der Waals surface area contributed by atoms with Gasteiger partial charge in [-0.05, 0) is 29.3 Å². The molecule has 3 N–H and O–H groups in total. The van der Waals surface area contributed by atoms with Gasteiger partial charge in [0.25, 0.3) is 0 Å². The van der Waals surface area contributed by atoms with E-state index in [1.165, 1.54) is 0 Å². The van der Waals surface area contributed by atoms with Gasteiger partial charge in [-0.2, -0.15) is 0 Å². The molecule has 0 spiro atoms. The number of nitrogens with one attached hydrogen (secondary N) is 1. The van der Waals surface area contributed by atoms with Crippen molar-refractivity contribution in [1.82, 2.24) is 0 Å². The molecule has 2 aromatic rings. The number of nitrogens with two attached hydrogens (primary N) is 1. The van der Waals surface area contributed by atoms with Crippen LogP contribution in [0, 0.1) is 0 Å². The molecular formula is C16H14N2O2. The number of Topliss-reactive ketones (excluding diaryl/α,β-unsaturated/α-hetero) is 2.